The maximum Gasteiger partial charge on any atom is 0.309 e. The van der Waals surface area contributed by atoms with Crippen molar-refractivity contribution < 1.29 is 24.5 Å². The Balaban J connectivity index is 1.57. The van der Waals surface area contributed by atoms with Crippen LogP contribution in [0, 0.1) is 11.8 Å². The predicted molar refractivity (Wildman–Crippen MR) is 97.5 cm³/mol. The molecule has 0 spiro atoms. The summed E-state index contributed by atoms with van der Waals surface area (Å²) in [6.45, 7) is 2.08. The van der Waals surface area contributed by atoms with Crippen molar-refractivity contribution in [3.05, 3.63) is 59.7 Å². The molecule has 0 saturated heterocycles. The van der Waals surface area contributed by atoms with Gasteiger partial charge in [0.15, 0.2) is 0 Å². The van der Waals surface area contributed by atoms with Crippen LogP contribution in [0.15, 0.2) is 48.5 Å². The van der Waals surface area contributed by atoms with E-state index >= 15 is 0 Å². The van der Waals surface area contributed by atoms with Gasteiger partial charge in [0.25, 0.3) is 0 Å². The minimum atomic E-state index is -1.05. The number of benzene rings is 2. The monoisotopic (exact) mass is 356 g/mol. The lowest BCUT2D eigenvalue weighted by Gasteiger charge is -2.16. The third-order valence-electron chi connectivity index (χ3n) is 4.97. The molecule has 0 radical (unpaired) electrons. The predicted octanol–water partition coefficient (Wildman–Crippen LogP) is 3.63. The number of hydrogen-bond donors (Lipinski definition) is 2. The molecule has 2 aromatic carbocycles. The molecule has 3 rings (SSSR count). The maximum absolute atomic E-state index is 11.0. The lowest BCUT2D eigenvalue weighted by atomic mass is 9.97. The van der Waals surface area contributed by atoms with Crippen molar-refractivity contribution in [2.45, 2.75) is 25.4 Å². The molecule has 0 aromatic heterocycles. The molecule has 0 heterocycles. The Bertz CT molecular complexity index is 773. The quantitative estimate of drug-likeness (QED) is 0.755. The van der Waals surface area contributed by atoms with Crippen LogP contribution in [0.5, 0.6) is 11.5 Å². The van der Waals surface area contributed by atoms with Crippen molar-refractivity contribution in [2.24, 2.45) is 11.8 Å². The molecule has 26 heavy (non-hydrogen) atoms. The number of aliphatic hydroxyl groups excluding tert-OH is 1. The summed E-state index contributed by atoms with van der Waals surface area (Å²) in [5, 5.41) is 19.2. The fourth-order valence-electron chi connectivity index (χ4n) is 3.13. The van der Waals surface area contributed by atoms with Crippen molar-refractivity contribution in [1.29, 1.82) is 0 Å². The molecule has 1 aliphatic rings. The SMILES string of the molecule is COc1cccc(C2CC2COc2cccc([C@H](O)[C@H](C)C(=O)O)c2)c1. The normalized spacial score (nSPS) is 20.9. The minimum Gasteiger partial charge on any atom is -0.497 e. The van der Waals surface area contributed by atoms with Gasteiger partial charge in [0.1, 0.15) is 11.5 Å². The standard InChI is InChI=1S/C21H24O5/c1-13(21(23)24)20(22)15-6-4-8-18(10-15)26-12-16-11-19(16)14-5-3-7-17(9-14)25-2/h3-10,13,16,19-20,22H,11-12H2,1-2H3,(H,23,24)/t13-,16?,19?,20+/m0/s1. The lowest BCUT2D eigenvalue weighted by molar-refractivity contribution is -0.145. The summed E-state index contributed by atoms with van der Waals surface area (Å²) in [5.74, 6) is 0.548. The third-order valence-corrected chi connectivity index (χ3v) is 4.97. The van der Waals surface area contributed by atoms with Gasteiger partial charge in [-0.05, 0) is 54.7 Å². The summed E-state index contributed by atoms with van der Waals surface area (Å²) in [6.07, 6.45) is 0.0208. The van der Waals surface area contributed by atoms with Crippen LogP contribution < -0.4 is 9.47 Å². The molecular formula is C21H24O5. The molecule has 2 N–H and O–H groups in total. The van der Waals surface area contributed by atoms with Gasteiger partial charge in [0.2, 0.25) is 0 Å². The summed E-state index contributed by atoms with van der Waals surface area (Å²) < 4.78 is 11.2. The Kier molecular flexibility index (Phi) is 5.47. The molecule has 2 aromatic rings. The fourth-order valence-corrected chi connectivity index (χ4v) is 3.13. The molecule has 1 fully saturated rings. The first-order valence-corrected chi connectivity index (χ1v) is 8.77. The average molecular weight is 356 g/mol. The zero-order valence-electron chi connectivity index (χ0n) is 15.0. The first-order chi connectivity index (χ1) is 12.5. The van der Waals surface area contributed by atoms with Gasteiger partial charge in [-0.2, -0.15) is 0 Å². The Hall–Kier alpha value is -2.53. The number of carboxylic acids is 1. The minimum absolute atomic E-state index is 0.452. The van der Waals surface area contributed by atoms with Crippen LogP contribution in [-0.2, 0) is 4.79 Å². The van der Waals surface area contributed by atoms with Gasteiger partial charge in [-0.15, -0.1) is 0 Å². The second-order valence-electron chi connectivity index (χ2n) is 6.83. The molecule has 138 valence electrons. The van der Waals surface area contributed by atoms with Gasteiger partial charge in [0, 0.05) is 5.92 Å². The molecule has 0 bridgehead atoms. The summed E-state index contributed by atoms with van der Waals surface area (Å²) in [6, 6.07) is 15.1. The van der Waals surface area contributed by atoms with Crippen LogP contribution in [0.4, 0.5) is 0 Å². The number of methoxy groups -OCH3 is 1. The van der Waals surface area contributed by atoms with E-state index in [0.29, 0.717) is 29.8 Å². The van der Waals surface area contributed by atoms with E-state index in [0.717, 1.165) is 12.2 Å². The lowest BCUT2D eigenvalue weighted by Crippen LogP contribution is -2.18. The highest BCUT2D eigenvalue weighted by molar-refractivity contribution is 5.70. The second-order valence-corrected chi connectivity index (χ2v) is 6.83. The first-order valence-electron chi connectivity index (χ1n) is 8.77. The number of rotatable bonds is 8. The van der Waals surface area contributed by atoms with E-state index in [1.54, 1.807) is 25.3 Å². The molecule has 4 atom stereocenters. The van der Waals surface area contributed by atoms with Gasteiger partial charge < -0.3 is 19.7 Å². The van der Waals surface area contributed by atoms with Crippen LogP contribution in [0.1, 0.15) is 36.5 Å². The zero-order chi connectivity index (χ0) is 18.7. The van der Waals surface area contributed by atoms with Crippen LogP contribution in [-0.4, -0.2) is 29.9 Å². The number of carboxylic acid groups (broad SMARTS) is 1. The van der Waals surface area contributed by atoms with Crippen molar-refractivity contribution in [3.8, 4) is 11.5 Å². The van der Waals surface area contributed by atoms with Crippen molar-refractivity contribution in [3.63, 3.8) is 0 Å². The zero-order valence-corrected chi connectivity index (χ0v) is 15.0. The van der Waals surface area contributed by atoms with E-state index in [4.69, 9.17) is 14.6 Å². The smallest absolute Gasteiger partial charge is 0.309 e. The van der Waals surface area contributed by atoms with Gasteiger partial charge in [-0.25, -0.2) is 0 Å². The maximum atomic E-state index is 11.0. The highest BCUT2D eigenvalue weighted by Crippen LogP contribution is 2.48. The topological polar surface area (TPSA) is 76.0 Å². The van der Waals surface area contributed by atoms with Crippen molar-refractivity contribution >= 4 is 5.97 Å². The van der Waals surface area contributed by atoms with E-state index in [9.17, 15) is 9.90 Å². The average Bonchev–Trinajstić information content (AvgIpc) is 3.45. The number of aliphatic hydroxyl groups is 1. The highest BCUT2D eigenvalue weighted by Gasteiger charge is 2.39. The third kappa shape index (κ3) is 4.17. The molecule has 5 heteroatoms. The summed E-state index contributed by atoms with van der Waals surface area (Å²) >= 11 is 0. The van der Waals surface area contributed by atoms with Crippen LogP contribution in [0.3, 0.4) is 0 Å². The number of aliphatic carboxylic acids is 1. The summed E-state index contributed by atoms with van der Waals surface area (Å²) in [7, 11) is 1.67. The molecule has 0 amide bonds. The van der Waals surface area contributed by atoms with Crippen molar-refractivity contribution in [1.82, 2.24) is 0 Å². The molecule has 2 unspecified atom stereocenters. The first kappa shape index (κ1) is 18.3. The Morgan fingerprint density at radius 3 is 2.65 bits per heavy atom. The van der Waals surface area contributed by atoms with Gasteiger partial charge in [-0.3, -0.25) is 4.79 Å². The molecular weight excluding hydrogens is 332 g/mol. The molecule has 1 aliphatic carbocycles. The van der Waals surface area contributed by atoms with Crippen LogP contribution in [0.25, 0.3) is 0 Å². The van der Waals surface area contributed by atoms with Gasteiger partial charge >= 0.3 is 5.97 Å². The van der Waals surface area contributed by atoms with Crippen molar-refractivity contribution in [2.75, 3.05) is 13.7 Å². The number of carbonyl (C=O) groups is 1. The summed E-state index contributed by atoms with van der Waals surface area (Å²) in [5.41, 5.74) is 1.81. The second kappa shape index (κ2) is 7.79. The van der Waals surface area contributed by atoms with E-state index in [2.05, 4.69) is 12.1 Å². The van der Waals surface area contributed by atoms with E-state index in [-0.39, 0.29) is 0 Å². The van der Waals surface area contributed by atoms with Gasteiger partial charge in [-0.1, -0.05) is 24.3 Å². The number of hydrogen-bond acceptors (Lipinski definition) is 4. The summed E-state index contributed by atoms with van der Waals surface area (Å²) in [4.78, 5) is 11.0. The molecule has 1 saturated carbocycles. The molecule has 0 aliphatic heterocycles. The van der Waals surface area contributed by atoms with Gasteiger partial charge in [0.05, 0.1) is 25.7 Å². The Labute approximate surface area is 153 Å². The van der Waals surface area contributed by atoms with Crippen LogP contribution in [0.2, 0.25) is 0 Å². The van der Waals surface area contributed by atoms with Crippen LogP contribution >= 0.6 is 0 Å². The number of ether oxygens (including phenoxy) is 2. The van der Waals surface area contributed by atoms with E-state index in [1.807, 2.05) is 18.2 Å². The Morgan fingerprint density at radius 2 is 1.92 bits per heavy atom. The fraction of sp³-hybridized carbons (Fsp3) is 0.381. The largest absolute Gasteiger partial charge is 0.497 e. The van der Waals surface area contributed by atoms with E-state index in [1.165, 1.54) is 12.5 Å². The Morgan fingerprint density at radius 1 is 1.19 bits per heavy atom. The molecule has 5 nitrogen and oxygen atoms in total. The highest BCUT2D eigenvalue weighted by atomic mass is 16.5. The van der Waals surface area contributed by atoms with E-state index < -0.39 is 18.0 Å².